The fourth-order valence-electron chi connectivity index (χ4n) is 2.94. The second-order valence-corrected chi connectivity index (χ2v) is 9.02. The summed E-state index contributed by atoms with van der Waals surface area (Å²) < 4.78 is 27.6. The minimum absolute atomic E-state index is 0.000824. The van der Waals surface area contributed by atoms with E-state index in [4.69, 9.17) is 0 Å². The van der Waals surface area contributed by atoms with Gasteiger partial charge in [-0.1, -0.05) is 18.2 Å². The lowest BCUT2D eigenvalue weighted by Gasteiger charge is -2.19. The van der Waals surface area contributed by atoms with E-state index in [1.165, 1.54) is 17.0 Å². The van der Waals surface area contributed by atoms with E-state index in [0.717, 1.165) is 18.4 Å². The van der Waals surface area contributed by atoms with Crippen LogP contribution in [0.1, 0.15) is 44.7 Å². The second kappa shape index (κ2) is 8.34. The molecular weight excluding hydrogens is 390 g/mol. The van der Waals surface area contributed by atoms with Crippen molar-refractivity contribution in [2.24, 2.45) is 0 Å². The molecule has 8 heteroatoms. The molecule has 0 radical (unpaired) electrons. The first-order chi connectivity index (χ1) is 13.7. The number of carbonyl (C=O) groups excluding carboxylic acids is 2. The van der Waals surface area contributed by atoms with Gasteiger partial charge in [-0.05, 0) is 55.2 Å². The molecule has 0 aromatic heterocycles. The first-order valence-electron chi connectivity index (χ1n) is 9.41. The molecule has 1 aliphatic carbocycles. The Bertz CT molecular complexity index is 1030. The fourth-order valence-corrected chi connectivity index (χ4v) is 4.28. The monoisotopic (exact) mass is 415 g/mol. The number of aryl methyl sites for hydroxylation is 1. The van der Waals surface area contributed by atoms with E-state index in [1.807, 2.05) is 0 Å². The van der Waals surface area contributed by atoms with Crippen LogP contribution < -0.4 is 10.0 Å². The number of nitrogens with one attached hydrogen (secondary N) is 2. The van der Waals surface area contributed by atoms with Crippen LogP contribution in [0.2, 0.25) is 0 Å². The predicted octanol–water partition coefficient (Wildman–Crippen LogP) is 2.07. The van der Waals surface area contributed by atoms with Gasteiger partial charge in [0.25, 0.3) is 11.8 Å². The van der Waals surface area contributed by atoms with E-state index < -0.39 is 10.0 Å². The van der Waals surface area contributed by atoms with Crippen LogP contribution >= 0.6 is 0 Å². The zero-order chi connectivity index (χ0) is 21.2. The van der Waals surface area contributed by atoms with Gasteiger partial charge in [0.15, 0.2) is 0 Å². The average molecular weight is 416 g/mol. The summed E-state index contributed by atoms with van der Waals surface area (Å²) >= 11 is 0. The summed E-state index contributed by atoms with van der Waals surface area (Å²) in [6, 6.07) is 11.6. The van der Waals surface area contributed by atoms with Crippen molar-refractivity contribution in [3.63, 3.8) is 0 Å². The maximum Gasteiger partial charge on any atom is 0.254 e. The van der Waals surface area contributed by atoms with Crippen LogP contribution in [0.4, 0.5) is 0 Å². The van der Waals surface area contributed by atoms with Crippen molar-refractivity contribution in [2.75, 3.05) is 14.1 Å². The summed E-state index contributed by atoms with van der Waals surface area (Å²) in [7, 11) is -0.395. The number of rotatable bonds is 7. The summed E-state index contributed by atoms with van der Waals surface area (Å²) in [5, 5.41) is 2.56. The van der Waals surface area contributed by atoms with Crippen molar-refractivity contribution < 1.29 is 18.0 Å². The molecule has 2 aromatic rings. The molecule has 0 unspecified atom stereocenters. The van der Waals surface area contributed by atoms with E-state index in [0.29, 0.717) is 23.2 Å². The smallest absolute Gasteiger partial charge is 0.254 e. The Morgan fingerprint density at radius 3 is 2.34 bits per heavy atom. The highest BCUT2D eigenvalue weighted by atomic mass is 32.2. The van der Waals surface area contributed by atoms with Crippen LogP contribution in [0, 0.1) is 6.92 Å². The lowest BCUT2D eigenvalue weighted by atomic mass is 10.1. The topological polar surface area (TPSA) is 95.6 Å². The lowest BCUT2D eigenvalue weighted by Crippen LogP contribution is -2.28. The second-order valence-electron chi connectivity index (χ2n) is 7.31. The molecule has 1 aliphatic rings. The maximum atomic E-state index is 13.0. The normalized spacial score (nSPS) is 13.8. The number of sulfonamides is 1. The molecule has 3 rings (SSSR count). The van der Waals surface area contributed by atoms with Crippen molar-refractivity contribution in [2.45, 2.75) is 37.2 Å². The summed E-state index contributed by atoms with van der Waals surface area (Å²) in [4.78, 5) is 26.2. The van der Waals surface area contributed by atoms with Crippen LogP contribution in [-0.2, 0) is 16.6 Å². The van der Waals surface area contributed by atoms with Crippen LogP contribution in [0.3, 0.4) is 0 Å². The average Bonchev–Trinajstić information content (AvgIpc) is 3.50. The van der Waals surface area contributed by atoms with Crippen molar-refractivity contribution >= 4 is 21.8 Å². The van der Waals surface area contributed by atoms with Crippen molar-refractivity contribution in [1.29, 1.82) is 0 Å². The summed E-state index contributed by atoms with van der Waals surface area (Å²) in [6.07, 6.45) is 1.69. The molecule has 0 heterocycles. The van der Waals surface area contributed by atoms with Gasteiger partial charge >= 0.3 is 0 Å². The quantitative estimate of drug-likeness (QED) is 0.724. The number of amides is 2. The maximum absolute atomic E-state index is 13.0. The molecule has 1 saturated carbocycles. The van der Waals surface area contributed by atoms with E-state index in [-0.39, 0.29) is 22.8 Å². The number of benzene rings is 2. The number of hydrogen-bond acceptors (Lipinski definition) is 4. The Morgan fingerprint density at radius 1 is 1.10 bits per heavy atom. The zero-order valence-corrected chi connectivity index (χ0v) is 17.5. The highest BCUT2D eigenvalue weighted by molar-refractivity contribution is 7.89. The summed E-state index contributed by atoms with van der Waals surface area (Å²) in [6.45, 7) is 2.12. The minimum atomic E-state index is -3.63. The van der Waals surface area contributed by atoms with Gasteiger partial charge < -0.3 is 10.2 Å². The fraction of sp³-hybridized carbons (Fsp3) is 0.333. The molecule has 1 fully saturated rings. The molecular formula is C21H25N3O4S. The van der Waals surface area contributed by atoms with Crippen molar-refractivity contribution in [3.05, 3.63) is 64.7 Å². The molecule has 154 valence electrons. The molecule has 0 saturated heterocycles. The SMILES string of the molecule is CNC(=O)c1ccc(CN(C)C(=O)c2cc(S(=O)(=O)NC3CC3)ccc2C)cc1. The van der Waals surface area contributed by atoms with Crippen LogP contribution in [0.5, 0.6) is 0 Å². The lowest BCUT2D eigenvalue weighted by molar-refractivity contribution is 0.0783. The summed E-state index contributed by atoms with van der Waals surface area (Å²) in [5.41, 5.74) is 2.47. The Balaban J connectivity index is 1.76. The molecule has 2 aromatic carbocycles. The molecule has 0 atom stereocenters. The van der Waals surface area contributed by atoms with Gasteiger partial charge in [-0.2, -0.15) is 0 Å². The highest BCUT2D eigenvalue weighted by Crippen LogP contribution is 2.24. The van der Waals surface area contributed by atoms with Crippen LogP contribution in [0.15, 0.2) is 47.4 Å². The Kier molecular flexibility index (Phi) is 6.04. The predicted molar refractivity (Wildman–Crippen MR) is 110 cm³/mol. The van der Waals surface area contributed by atoms with Crippen LogP contribution in [-0.4, -0.2) is 45.3 Å². The van der Waals surface area contributed by atoms with Gasteiger partial charge in [0, 0.05) is 37.8 Å². The molecule has 2 amide bonds. The third-order valence-electron chi connectivity index (χ3n) is 4.86. The Labute approximate surface area is 171 Å². The van der Waals surface area contributed by atoms with Gasteiger partial charge in [-0.15, -0.1) is 0 Å². The number of nitrogens with zero attached hydrogens (tertiary/aromatic N) is 1. The zero-order valence-electron chi connectivity index (χ0n) is 16.7. The summed E-state index contributed by atoms with van der Waals surface area (Å²) in [5.74, 6) is -0.434. The third kappa shape index (κ3) is 5.02. The molecule has 0 bridgehead atoms. The van der Waals surface area contributed by atoms with Gasteiger partial charge in [-0.25, -0.2) is 13.1 Å². The van der Waals surface area contributed by atoms with Crippen molar-refractivity contribution in [3.8, 4) is 0 Å². The Hall–Kier alpha value is -2.71. The number of carbonyl (C=O) groups is 2. The van der Waals surface area contributed by atoms with E-state index in [2.05, 4.69) is 10.0 Å². The van der Waals surface area contributed by atoms with Crippen LogP contribution in [0.25, 0.3) is 0 Å². The standard InChI is InChI=1S/C21H25N3O4S/c1-14-4-11-18(29(27,28)23-17-9-10-17)12-19(14)21(26)24(3)13-15-5-7-16(8-6-15)20(25)22-2/h4-8,11-12,17,23H,9-10,13H2,1-3H3,(H,22,25). The molecule has 7 nitrogen and oxygen atoms in total. The van der Waals surface area contributed by atoms with Gasteiger partial charge in [0.1, 0.15) is 0 Å². The first-order valence-corrected chi connectivity index (χ1v) is 10.9. The van der Waals surface area contributed by atoms with E-state index in [9.17, 15) is 18.0 Å². The molecule has 0 spiro atoms. The molecule has 29 heavy (non-hydrogen) atoms. The van der Waals surface area contributed by atoms with E-state index >= 15 is 0 Å². The van der Waals surface area contributed by atoms with Crippen molar-refractivity contribution in [1.82, 2.24) is 14.9 Å². The first kappa shape index (κ1) is 21.0. The largest absolute Gasteiger partial charge is 0.355 e. The van der Waals surface area contributed by atoms with E-state index in [1.54, 1.807) is 51.4 Å². The number of hydrogen-bond donors (Lipinski definition) is 2. The van der Waals surface area contributed by atoms with Gasteiger partial charge in [-0.3, -0.25) is 9.59 Å². The third-order valence-corrected chi connectivity index (χ3v) is 6.38. The molecule has 0 aliphatic heterocycles. The van der Waals surface area contributed by atoms with Gasteiger partial charge in [0.05, 0.1) is 4.90 Å². The van der Waals surface area contributed by atoms with Gasteiger partial charge in [0.2, 0.25) is 10.0 Å². The molecule has 2 N–H and O–H groups in total. The minimum Gasteiger partial charge on any atom is -0.355 e. The Morgan fingerprint density at radius 2 is 1.76 bits per heavy atom. The highest BCUT2D eigenvalue weighted by Gasteiger charge is 2.28.